The Hall–Kier alpha value is -1.91. The van der Waals surface area contributed by atoms with Crippen molar-refractivity contribution in [3.05, 3.63) is 29.5 Å². The minimum Gasteiger partial charge on any atom is -0.351 e. The molecule has 1 aromatic heterocycles. The zero-order chi connectivity index (χ0) is 22.2. The van der Waals surface area contributed by atoms with Gasteiger partial charge in [-0.1, -0.05) is 0 Å². The predicted molar refractivity (Wildman–Crippen MR) is 117 cm³/mol. The van der Waals surface area contributed by atoms with Gasteiger partial charge in [0.25, 0.3) is 6.43 Å². The lowest BCUT2D eigenvalue weighted by atomic mass is 9.87. The molecule has 1 aromatic carbocycles. The third-order valence-corrected chi connectivity index (χ3v) is 7.70. The summed E-state index contributed by atoms with van der Waals surface area (Å²) in [5.74, 6) is 0.655. The Morgan fingerprint density at radius 1 is 1.10 bits per heavy atom. The average molecular weight is 454 g/mol. The maximum Gasteiger partial charge on any atom is 0.263 e. The van der Waals surface area contributed by atoms with Gasteiger partial charge in [-0.3, -0.25) is 0 Å². The number of sulfonamides is 1. The van der Waals surface area contributed by atoms with E-state index in [0.717, 1.165) is 37.0 Å². The molecule has 2 fully saturated rings. The maximum atomic E-state index is 13.5. The fraction of sp³-hybridized carbons (Fsp3) is 0.619. The van der Waals surface area contributed by atoms with Gasteiger partial charge in [-0.05, 0) is 69.4 Å². The Morgan fingerprint density at radius 3 is 2.39 bits per heavy atom. The Labute approximate surface area is 181 Å². The van der Waals surface area contributed by atoms with Crippen LogP contribution < -0.4 is 5.32 Å². The minimum atomic E-state index is -3.17. The third kappa shape index (κ3) is 5.12. The topological polar surface area (TPSA) is 78.4 Å². The van der Waals surface area contributed by atoms with Crippen molar-refractivity contribution in [3.63, 3.8) is 0 Å². The van der Waals surface area contributed by atoms with Crippen molar-refractivity contribution in [2.24, 2.45) is 0 Å². The third-order valence-electron chi connectivity index (χ3n) is 6.40. The number of fused-ring (bicyclic) bond motifs is 1. The number of alkyl halides is 2. The standard InChI is InChI=1S/C21H29F2N5O2S/c1-27-7-3-14(4-8-27)18-12-15(20(22)23)11-16-13-24-21(26-19(16)18)25-17-5-9-28(10-6-17)31(2,29)30/h11-14,17,20H,3-10H2,1-2H3,(H,24,25,26). The summed E-state index contributed by atoms with van der Waals surface area (Å²) in [7, 11) is -1.10. The monoisotopic (exact) mass is 453 g/mol. The molecule has 0 saturated carbocycles. The highest BCUT2D eigenvalue weighted by Crippen LogP contribution is 2.35. The number of benzene rings is 1. The van der Waals surface area contributed by atoms with Crippen LogP contribution in [-0.4, -0.2) is 73.1 Å². The molecule has 3 heterocycles. The Bertz CT molecular complexity index is 1030. The Kier molecular flexibility index (Phi) is 6.41. The maximum absolute atomic E-state index is 13.5. The molecule has 0 aliphatic carbocycles. The largest absolute Gasteiger partial charge is 0.351 e. The van der Waals surface area contributed by atoms with Crippen LogP contribution in [0.1, 0.15) is 49.2 Å². The zero-order valence-corrected chi connectivity index (χ0v) is 18.7. The number of rotatable bonds is 5. The number of hydrogen-bond donors (Lipinski definition) is 1. The second-order valence-electron chi connectivity index (χ2n) is 8.70. The number of halogens is 2. The van der Waals surface area contributed by atoms with E-state index in [1.165, 1.54) is 16.6 Å². The van der Waals surface area contributed by atoms with Gasteiger partial charge in [0.1, 0.15) is 0 Å². The van der Waals surface area contributed by atoms with E-state index in [1.807, 2.05) is 0 Å². The van der Waals surface area contributed by atoms with Crippen molar-refractivity contribution in [1.29, 1.82) is 0 Å². The smallest absolute Gasteiger partial charge is 0.263 e. The van der Waals surface area contributed by atoms with Gasteiger partial charge in [-0.15, -0.1) is 0 Å². The summed E-state index contributed by atoms with van der Waals surface area (Å²) in [5.41, 5.74) is 1.61. The highest BCUT2D eigenvalue weighted by atomic mass is 32.2. The lowest BCUT2D eigenvalue weighted by molar-refractivity contribution is 0.151. The molecule has 0 unspecified atom stereocenters. The summed E-state index contributed by atoms with van der Waals surface area (Å²) in [6.07, 6.45) is 3.46. The second kappa shape index (κ2) is 8.91. The lowest BCUT2D eigenvalue weighted by Crippen LogP contribution is -2.42. The first-order valence-electron chi connectivity index (χ1n) is 10.7. The van der Waals surface area contributed by atoms with Crippen molar-refractivity contribution in [1.82, 2.24) is 19.2 Å². The van der Waals surface area contributed by atoms with Gasteiger partial charge in [0.05, 0.1) is 11.8 Å². The molecule has 7 nitrogen and oxygen atoms in total. The predicted octanol–water partition coefficient (Wildman–Crippen LogP) is 3.21. The summed E-state index contributed by atoms with van der Waals surface area (Å²) in [5, 5.41) is 3.95. The van der Waals surface area contributed by atoms with E-state index >= 15 is 0 Å². The number of likely N-dealkylation sites (tertiary alicyclic amines) is 1. The van der Waals surface area contributed by atoms with Crippen LogP contribution in [0.2, 0.25) is 0 Å². The lowest BCUT2D eigenvalue weighted by Gasteiger charge is -2.31. The van der Waals surface area contributed by atoms with E-state index < -0.39 is 16.4 Å². The molecule has 0 spiro atoms. The molecule has 10 heteroatoms. The summed E-state index contributed by atoms with van der Waals surface area (Å²) >= 11 is 0. The van der Waals surface area contributed by atoms with Crippen molar-refractivity contribution >= 4 is 26.9 Å². The van der Waals surface area contributed by atoms with E-state index in [4.69, 9.17) is 4.98 Å². The van der Waals surface area contributed by atoms with Gasteiger partial charge in [0.15, 0.2) is 0 Å². The van der Waals surface area contributed by atoms with Crippen LogP contribution in [0.4, 0.5) is 14.7 Å². The molecule has 1 N–H and O–H groups in total. The molecule has 31 heavy (non-hydrogen) atoms. The summed E-state index contributed by atoms with van der Waals surface area (Å²) in [4.78, 5) is 11.3. The van der Waals surface area contributed by atoms with Crippen molar-refractivity contribution in [3.8, 4) is 0 Å². The fourth-order valence-electron chi connectivity index (χ4n) is 4.54. The summed E-state index contributed by atoms with van der Waals surface area (Å²) in [6.45, 7) is 2.78. The summed E-state index contributed by atoms with van der Waals surface area (Å²) in [6, 6.07) is 3.17. The SMILES string of the molecule is CN1CCC(c2cc(C(F)F)cc3cnc(NC4CCN(S(C)(=O)=O)CC4)nc23)CC1. The first kappa shape index (κ1) is 22.3. The van der Waals surface area contributed by atoms with E-state index in [1.54, 1.807) is 12.3 Å². The molecule has 4 rings (SSSR count). The van der Waals surface area contributed by atoms with Gasteiger partial charge in [-0.25, -0.2) is 31.5 Å². The number of anilines is 1. The van der Waals surface area contributed by atoms with Crippen molar-refractivity contribution in [2.75, 3.05) is 44.8 Å². The molecule has 170 valence electrons. The van der Waals surface area contributed by atoms with Crippen LogP contribution in [-0.2, 0) is 10.0 Å². The Morgan fingerprint density at radius 2 is 1.77 bits per heavy atom. The average Bonchev–Trinajstić information content (AvgIpc) is 2.73. The van der Waals surface area contributed by atoms with Gasteiger partial charge in [-0.2, -0.15) is 0 Å². The van der Waals surface area contributed by atoms with Crippen LogP contribution in [0.25, 0.3) is 10.9 Å². The van der Waals surface area contributed by atoms with Crippen LogP contribution in [0, 0.1) is 0 Å². The number of aromatic nitrogens is 2. The van der Waals surface area contributed by atoms with Crippen molar-refractivity contribution in [2.45, 2.75) is 44.1 Å². The number of nitrogens with one attached hydrogen (secondary N) is 1. The molecule has 0 atom stereocenters. The van der Waals surface area contributed by atoms with Gasteiger partial charge in [0, 0.05) is 36.3 Å². The fourth-order valence-corrected chi connectivity index (χ4v) is 5.41. The molecule has 2 saturated heterocycles. The van der Waals surface area contributed by atoms with E-state index in [-0.39, 0.29) is 17.5 Å². The van der Waals surface area contributed by atoms with Crippen LogP contribution >= 0.6 is 0 Å². The highest BCUT2D eigenvalue weighted by Gasteiger charge is 2.26. The Balaban J connectivity index is 1.59. The molecule has 0 radical (unpaired) electrons. The van der Waals surface area contributed by atoms with E-state index in [0.29, 0.717) is 37.3 Å². The quantitative estimate of drug-likeness (QED) is 0.749. The molecule has 0 bridgehead atoms. The number of hydrogen-bond acceptors (Lipinski definition) is 6. The molecule has 2 aliphatic rings. The van der Waals surface area contributed by atoms with Crippen LogP contribution in [0.15, 0.2) is 18.3 Å². The van der Waals surface area contributed by atoms with Crippen LogP contribution in [0.3, 0.4) is 0 Å². The molecule has 2 aromatic rings. The molecular weight excluding hydrogens is 424 g/mol. The molecule has 2 aliphatic heterocycles. The van der Waals surface area contributed by atoms with E-state index in [2.05, 4.69) is 22.2 Å². The van der Waals surface area contributed by atoms with Gasteiger partial charge < -0.3 is 10.2 Å². The minimum absolute atomic E-state index is 0.0129. The number of nitrogens with zero attached hydrogens (tertiary/aromatic N) is 4. The van der Waals surface area contributed by atoms with Crippen LogP contribution in [0.5, 0.6) is 0 Å². The van der Waals surface area contributed by atoms with E-state index in [9.17, 15) is 17.2 Å². The highest BCUT2D eigenvalue weighted by molar-refractivity contribution is 7.88. The molecular formula is C21H29F2N5O2S. The molecule has 0 amide bonds. The zero-order valence-electron chi connectivity index (χ0n) is 17.9. The second-order valence-corrected chi connectivity index (χ2v) is 10.7. The number of piperidine rings is 2. The van der Waals surface area contributed by atoms with Gasteiger partial charge >= 0.3 is 0 Å². The first-order chi connectivity index (χ1) is 14.7. The van der Waals surface area contributed by atoms with Gasteiger partial charge in [0.2, 0.25) is 16.0 Å². The van der Waals surface area contributed by atoms with Crippen molar-refractivity contribution < 1.29 is 17.2 Å². The first-order valence-corrected chi connectivity index (χ1v) is 12.5. The summed E-state index contributed by atoms with van der Waals surface area (Å²) < 4.78 is 51.9. The normalized spacial score (nSPS) is 20.5.